The summed E-state index contributed by atoms with van der Waals surface area (Å²) in [5.74, 6) is 0.441. The number of aryl methyl sites for hydroxylation is 1. The number of aromatic nitrogens is 2. The summed E-state index contributed by atoms with van der Waals surface area (Å²) in [4.78, 5) is 27.0. The van der Waals surface area contributed by atoms with Crippen molar-refractivity contribution in [1.29, 1.82) is 5.26 Å². The van der Waals surface area contributed by atoms with Gasteiger partial charge in [-0.3, -0.25) is 9.36 Å². The minimum absolute atomic E-state index is 0.0656. The van der Waals surface area contributed by atoms with Gasteiger partial charge in [-0.15, -0.1) is 11.8 Å². The second-order valence-electron chi connectivity index (χ2n) is 4.83. The topological polar surface area (TPSA) is 114 Å². The molecule has 8 nitrogen and oxygen atoms in total. The molecule has 124 valence electrons. The zero-order valence-electron chi connectivity index (χ0n) is 12.9. The molecule has 0 atom stereocenters. The van der Waals surface area contributed by atoms with E-state index in [-0.39, 0.29) is 18.3 Å². The molecule has 1 amide bonds. The van der Waals surface area contributed by atoms with Crippen molar-refractivity contribution < 1.29 is 9.72 Å². The molecular weight excluding hydrogens is 330 g/mol. The molecule has 24 heavy (non-hydrogen) atoms. The third kappa shape index (κ3) is 4.57. The van der Waals surface area contributed by atoms with Gasteiger partial charge in [0.05, 0.1) is 11.8 Å². The van der Waals surface area contributed by atoms with E-state index >= 15 is 0 Å². The lowest BCUT2D eigenvalue weighted by atomic mass is 10.3. The molecule has 1 N–H and O–H groups in total. The average molecular weight is 345 g/mol. The number of amides is 1. The van der Waals surface area contributed by atoms with Crippen molar-refractivity contribution in [2.45, 2.75) is 24.8 Å². The van der Waals surface area contributed by atoms with E-state index in [4.69, 9.17) is 5.26 Å². The largest absolute Gasteiger partial charge is 0.381 e. The summed E-state index contributed by atoms with van der Waals surface area (Å²) >= 11 is 1.49. The molecule has 1 aromatic carbocycles. The van der Waals surface area contributed by atoms with Crippen LogP contribution in [0.1, 0.15) is 12.2 Å². The number of nitriles is 1. The molecule has 0 unspecified atom stereocenters. The van der Waals surface area contributed by atoms with E-state index in [0.717, 1.165) is 4.90 Å². The number of rotatable bonds is 7. The maximum atomic E-state index is 12.2. The van der Waals surface area contributed by atoms with Crippen LogP contribution in [0.15, 0.2) is 35.4 Å². The molecule has 1 heterocycles. The van der Waals surface area contributed by atoms with Gasteiger partial charge in [0, 0.05) is 24.0 Å². The highest BCUT2D eigenvalue weighted by Gasteiger charge is 2.17. The molecule has 1 aromatic heterocycles. The number of carbonyl (C=O) groups is 1. The first kappa shape index (κ1) is 17.5. The number of thioether (sulfide) groups is 1. The van der Waals surface area contributed by atoms with E-state index < -0.39 is 4.92 Å². The summed E-state index contributed by atoms with van der Waals surface area (Å²) in [5.41, 5.74) is 0.651. The number of nitro groups is 1. The Hall–Kier alpha value is -2.86. The Balaban J connectivity index is 2.05. The Kier molecular flexibility index (Phi) is 5.92. The molecule has 0 aliphatic rings. The van der Waals surface area contributed by atoms with E-state index in [9.17, 15) is 14.9 Å². The average Bonchev–Trinajstić information content (AvgIpc) is 2.90. The number of nitrogens with zero attached hydrogens (tertiary/aromatic N) is 4. The fourth-order valence-corrected chi connectivity index (χ4v) is 2.85. The summed E-state index contributed by atoms with van der Waals surface area (Å²) in [7, 11) is 0. The molecule has 0 aliphatic carbocycles. The van der Waals surface area contributed by atoms with Gasteiger partial charge in [-0.2, -0.15) is 5.26 Å². The van der Waals surface area contributed by atoms with Crippen molar-refractivity contribution in [3.8, 4) is 6.07 Å². The lowest BCUT2D eigenvalue weighted by molar-refractivity contribution is -0.389. The van der Waals surface area contributed by atoms with Crippen LogP contribution in [0.5, 0.6) is 0 Å². The molecule has 0 bridgehead atoms. The Morgan fingerprint density at radius 3 is 2.92 bits per heavy atom. The first-order chi connectivity index (χ1) is 11.5. The number of benzene rings is 1. The SMILES string of the molecule is Cc1nc([N+](=O)[O-])cn1CC(=O)Nc1ccccc1SCCC#N. The van der Waals surface area contributed by atoms with Crippen molar-refractivity contribution in [2.24, 2.45) is 0 Å². The summed E-state index contributed by atoms with van der Waals surface area (Å²) in [6.45, 7) is 1.54. The number of nitrogens with one attached hydrogen (secondary N) is 1. The number of hydrogen-bond acceptors (Lipinski definition) is 6. The van der Waals surface area contributed by atoms with Crippen molar-refractivity contribution in [1.82, 2.24) is 9.55 Å². The summed E-state index contributed by atoms with van der Waals surface area (Å²) < 4.78 is 1.43. The number of anilines is 1. The lowest BCUT2D eigenvalue weighted by Crippen LogP contribution is -2.19. The maximum absolute atomic E-state index is 12.2. The highest BCUT2D eigenvalue weighted by atomic mass is 32.2. The first-order valence-electron chi connectivity index (χ1n) is 7.08. The van der Waals surface area contributed by atoms with Crippen LogP contribution >= 0.6 is 11.8 Å². The fourth-order valence-electron chi connectivity index (χ4n) is 1.99. The normalized spacial score (nSPS) is 10.2. The predicted molar refractivity (Wildman–Crippen MR) is 89.6 cm³/mol. The number of hydrogen-bond donors (Lipinski definition) is 1. The lowest BCUT2D eigenvalue weighted by Gasteiger charge is -2.10. The monoisotopic (exact) mass is 345 g/mol. The van der Waals surface area contributed by atoms with Gasteiger partial charge in [0.25, 0.3) is 0 Å². The van der Waals surface area contributed by atoms with E-state index in [0.29, 0.717) is 23.7 Å². The van der Waals surface area contributed by atoms with E-state index in [1.807, 2.05) is 12.1 Å². The molecule has 2 rings (SSSR count). The van der Waals surface area contributed by atoms with Crippen LogP contribution in [0.3, 0.4) is 0 Å². The smallest absolute Gasteiger partial charge is 0.358 e. The van der Waals surface area contributed by atoms with Crippen LogP contribution in [0.4, 0.5) is 11.5 Å². The molecule has 0 fully saturated rings. The zero-order valence-corrected chi connectivity index (χ0v) is 13.7. The molecule has 0 spiro atoms. The fraction of sp³-hybridized carbons (Fsp3) is 0.267. The summed E-state index contributed by atoms with van der Waals surface area (Å²) in [5, 5.41) is 22.1. The Morgan fingerprint density at radius 2 is 2.25 bits per heavy atom. The maximum Gasteiger partial charge on any atom is 0.381 e. The van der Waals surface area contributed by atoms with Crippen molar-refractivity contribution >= 4 is 29.2 Å². The summed E-state index contributed by atoms with van der Waals surface area (Å²) in [6, 6.07) is 9.37. The molecular formula is C15H15N5O3S. The standard InChI is InChI=1S/C15H15N5O3S/c1-11-17-14(20(22)23)9-19(11)10-15(21)18-12-5-2-3-6-13(12)24-8-4-7-16/h2-3,5-6,9H,4,8,10H2,1H3,(H,18,21). The van der Waals surface area contributed by atoms with Gasteiger partial charge in [-0.25, -0.2) is 0 Å². The minimum Gasteiger partial charge on any atom is -0.358 e. The Labute approximate surface area is 142 Å². The minimum atomic E-state index is -0.595. The molecule has 9 heteroatoms. The van der Waals surface area contributed by atoms with Gasteiger partial charge in [0.2, 0.25) is 11.7 Å². The number of imidazole rings is 1. The zero-order chi connectivity index (χ0) is 17.5. The molecule has 0 aliphatic heterocycles. The van der Waals surface area contributed by atoms with Crippen LogP contribution in [0, 0.1) is 28.4 Å². The van der Waals surface area contributed by atoms with Gasteiger partial charge >= 0.3 is 5.82 Å². The first-order valence-corrected chi connectivity index (χ1v) is 8.06. The van der Waals surface area contributed by atoms with Crippen LogP contribution in [0.25, 0.3) is 0 Å². The van der Waals surface area contributed by atoms with Gasteiger partial charge in [-0.05, 0) is 22.0 Å². The third-order valence-electron chi connectivity index (χ3n) is 3.10. The van der Waals surface area contributed by atoms with Gasteiger partial charge in [0.15, 0.2) is 0 Å². The van der Waals surface area contributed by atoms with E-state index in [1.54, 1.807) is 19.1 Å². The summed E-state index contributed by atoms with van der Waals surface area (Å²) in [6.07, 6.45) is 1.66. The van der Waals surface area contributed by atoms with Gasteiger partial charge < -0.3 is 15.4 Å². The molecule has 0 saturated carbocycles. The van der Waals surface area contributed by atoms with Crippen molar-refractivity contribution in [3.63, 3.8) is 0 Å². The highest BCUT2D eigenvalue weighted by molar-refractivity contribution is 7.99. The predicted octanol–water partition coefficient (Wildman–Crippen LogP) is 2.74. The van der Waals surface area contributed by atoms with Gasteiger partial charge in [-0.1, -0.05) is 12.1 Å². The van der Waals surface area contributed by atoms with Crippen molar-refractivity contribution in [3.05, 3.63) is 46.4 Å². The van der Waals surface area contributed by atoms with E-state index in [2.05, 4.69) is 16.4 Å². The van der Waals surface area contributed by atoms with Crippen molar-refractivity contribution in [2.75, 3.05) is 11.1 Å². The third-order valence-corrected chi connectivity index (χ3v) is 4.17. The molecule has 0 saturated heterocycles. The number of carbonyl (C=O) groups excluding carboxylic acids is 1. The highest BCUT2D eigenvalue weighted by Crippen LogP contribution is 2.27. The van der Waals surface area contributed by atoms with Crippen LogP contribution in [-0.2, 0) is 11.3 Å². The van der Waals surface area contributed by atoms with Crippen LogP contribution < -0.4 is 5.32 Å². The Morgan fingerprint density at radius 1 is 1.50 bits per heavy atom. The van der Waals surface area contributed by atoms with E-state index in [1.165, 1.54) is 22.5 Å². The number of para-hydroxylation sites is 1. The second kappa shape index (κ2) is 8.12. The second-order valence-corrected chi connectivity index (χ2v) is 5.97. The van der Waals surface area contributed by atoms with Gasteiger partial charge in [0.1, 0.15) is 12.7 Å². The quantitative estimate of drug-likeness (QED) is 0.357. The molecule has 0 radical (unpaired) electrons. The van der Waals surface area contributed by atoms with Crippen LogP contribution in [-0.4, -0.2) is 26.1 Å². The molecule has 2 aromatic rings. The van der Waals surface area contributed by atoms with Crippen LogP contribution in [0.2, 0.25) is 0 Å². The Bertz CT molecular complexity index is 797.